The van der Waals surface area contributed by atoms with Gasteiger partial charge in [-0.1, -0.05) is 6.07 Å². The number of rotatable bonds is 4. The molecular weight excluding hydrogens is 338 g/mol. The Morgan fingerprint density at radius 3 is 2.44 bits per heavy atom. The number of carbonyl (C=O) groups is 2. The molecule has 2 heterocycles. The van der Waals surface area contributed by atoms with Crippen LogP contribution >= 0.6 is 0 Å². The topological polar surface area (TPSA) is 43.9 Å². The van der Waals surface area contributed by atoms with Crippen molar-refractivity contribution in [3.8, 4) is 0 Å². The fourth-order valence-electron chi connectivity index (χ4n) is 4.80. The van der Waals surface area contributed by atoms with Crippen LogP contribution in [0.3, 0.4) is 0 Å². The third kappa shape index (κ3) is 4.03. The van der Waals surface area contributed by atoms with Crippen molar-refractivity contribution >= 4 is 11.8 Å². The molecule has 0 N–H and O–H groups in total. The first kappa shape index (κ1) is 18.5. The van der Waals surface area contributed by atoms with Crippen LogP contribution in [-0.4, -0.2) is 72.3 Å². The zero-order chi connectivity index (χ0) is 18.8. The molecule has 5 heteroatoms. The van der Waals surface area contributed by atoms with E-state index in [0.29, 0.717) is 6.54 Å². The van der Waals surface area contributed by atoms with E-state index in [1.54, 1.807) is 0 Å². The van der Waals surface area contributed by atoms with E-state index < -0.39 is 0 Å². The van der Waals surface area contributed by atoms with E-state index in [1.807, 2.05) is 22.9 Å². The molecule has 3 aliphatic rings. The van der Waals surface area contributed by atoms with Gasteiger partial charge < -0.3 is 9.80 Å². The highest BCUT2D eigenvalue weighted by molar-refractivity contribution is 5.94. The lowest BCUT2D eigenvalue weighted by Gasteiger charge is -2.37. The first-order valence-corrected chi connectivity index (χ1v) is 10.5. The second-order valence-electron chi connectivity index (χ2n) is 8.35. The van der Waals surface area contributed by atoms with Gasteiger partial charge in [0.05, 0.1) is 6.54 Å². The standard InChI is InChI=1S/C22H31N3O2/c1-23(22(27)19-8-7-17-5-4-6-18(17)15-19)20-9-13-24(14-10-20)16-21(26)25-11-2-3-12-25/h7-8,15,20H,2-6,9-14,16H2,1H3. The minimum absolute atomic E-state index is 0.135. The van der Waals surface area contributed by atoms with Gasteiger partial charge in [-0.05, 0) is 68.2 Å². The number of benzene rings is 1. The Bertz CT molecular complexity index is 704. The smallest absolute Gasteiger partial charge is 0.253 e. The second kappa shape index (κ2) is 8.01. The van der Waals surface area contributed by atoms with Gasteiger partial charge in [-0.15, -0.1) is 0 Å². The fraction of sp³-hybridized carbons (Fsp3) is 0.636. The molecule has 146 valence electrons. The summed E-state index contributed by atoms with van der Waals surface area (Å²) in [6, 6.07) is 6.50. The van der Waals surface area contributed by atoms with Crippen LogP contribution in [0.15, 0.2) is 18.2 Å². The summed E-state index contributed by atoms with van der Waals surface area (Å²) in [5, 5.41) is 0. The Hall–Kier alpha value is -1.88. The zero-order valence-electron chi connectivity index (χ0n) is 16.5. The summed E-state index contributed by atoms with van der Waals surface area (Å²) in [4.78, 5) is 31.4. The summed E-state index contributed by atoms with van der Waals surface area (Å²) in [6.45, 7) is 4.17. The summed E-state index contributed by atoms with van der Waals surface area (Å²) in [7, 11) is 1.94. The average molecular weight is 370 g/mol. The van der Waals surface area contributed by atoms with E-state index in [9.17, 15) is 9.59 Å². The number of hydrogen-bond donors (Lipinski definition) is 0. The summed E-state index contributed by atoms with van der Waals surface area (Å²) >= 11 is 0. The summed E-state index contributed by atoms with van der Waals surface area (Å²) < 4.78 is 0. The van der Waals surface area contributed by atoms with Crippen molar-refractivity contribution in [3.63, 3.8) is 0 Å². The number of likely N-dealkylation sites (tertiary alicyclic amines) is 2. The van der Waals surface area contributed by atoms with Gasteiger partial charge in [0.15, 0.2) is 0 Å². The van der Waals surface area contributed by atoms with E-state index in [0.717, 1.165) is 70.3 Å². The molecule has 2 amide bonds. The molecule has 0 atom stereocenters. The summed E-state index contributed by atoms with van der Waals surface area (Å²) in [6.07, 6.45) is 7.63. The molecule has 2 aliphatic heterocycles. The van der Waals surface area contributed by atoms with Gasteiger partial charge in [-0.3, -0.25) is 14.5 Å². The van der Waals surface area contributed by atoms with Gasteiger partial charge >= 0.3 is 0 Å². The predicted molar refractivity (Wildman–Crippen MR) is 106 cm³/mol. The monoisotopic (exact) mass is 369 g/mol. The number of hydrogen-bond acceptors (Lipinski definition) is 3. The van der Waals surface area contributed by atoms with Crippen molar-refractivity contribution in [2.75, 3.05) is 39.8 Å². The normalized spacial score (nSPS) is 20.7. The van der Waals surface area contributed by atoms with Crippen LogP contribution < -0.4 is 0 Å². The number of piperidine rings is 1. The summed E-state index contributed by atoms with van der Waals surface area (Å²) in [5.41, 5.74) is 3.58. The Balaban J connectivity index is 1.29. The van der Waals surface area contributed by atoms with Gasteiger partial charge in [-0.2, -0.15) is 0 Å². The van der Waals surface area contributed by atoms with E-state index in [4.69, 9.17) is 0 Å². The first-order valence-electron chi connectivity index (χ1n) is 10.5. The van der Waals surface area contributed by atoms with Gasteiger partial charge in [-0.25, -0.2) is 0 Å². The second-order valence-corrected chi connectivity index (χ2v) is 8.35. The Morgan fingerprint density at radius 2 is 1.70 bits per heavy atom. The average Bonchev–Trinajstić information content (AvgIpc) is 3.38. The van der Waals surface area contributed by atoms with Crippen molar-refractivity contribution < 1.29 is 9.59 Å². The van der Waals surface area contributed by atoms with Crippen LogP contribution in [0.5, 0.6) is 0 Å². The molecular formula is C22H31N3O2. The van der Waals surface area contributed by atoms with Gasteiger partial charge in [0, 0.05) is 44.8 Å². The number of carbonyl (C=O) groups excluding carboxylic acids is 2. The third-order valence-corrected chi connectivity index (χ3v) is 6.59. The van der Waals surface area contributed by atoms with Crippen LogP contribution in [0.4, 0.5) is 0 Å². The molecule has 27 heavy (non-hydrogen) atoms. The highest BCUT2D eigenvalue weighted by atomic mass is 16.2. The minimum Gasteiger partial charge on any atom is -0.342 e. The van der Waals surface area contributed by atoms with Gasteiger partial charge in [0.2, 0.25) is 5.91 Å². The lowest BCUT2D eigenvalue weighted by molar-refractivity contribution is -0.131. The van der Waals surface area contributed by atoms with E-state index in [2.05, 4.69) is 17.0 Å². The molecule has 1 aromatic rings. The van der Waals surface area contributed by atoms with Gasteiger partial charge in [0.25, 0.3) is 5.91 Å². The quantitative estimate of drug-likeness (QED) is 0.818. The van der Waals surface area contributed by atoms with Crippen molar-refractivity contribution in [1.82, 2.24) is 14.7 Å². The Morgan fingerprint density at radius 1 is 1.00 bits per heavy atom. The van der Waals surface area contributed by atoms with Crippen molar-refractivity contribution in [1.29, 1.82) is 0 Å². The van der Waals surface area contributed by atoms with E-state index >= 15 is 0 Å². The van der Waals surface area contributed by atoms with Crippen LogP contribution in [0, 0.1) is 0 Å². The lowest BCUT2D eigenvalue weighted by atomic mass is 10.0. The maximum atomic E-state index is 12.9. The fourth-order valence-corrected chi connectivity index (χ4v) is 4.80. The minimum atomic E-state index is 0.135. The van der Waals surface area contributed by atoms with E-state index in [1.165, 1.54) is 17.5 Å². The lowest BCUT2D eigenvalue weighted by Crippen LogP contribution is -2.48. The molecule has 0 bridgehead atoms. The van der Waals surface area contributed by atoms with E-state index in [-0.39, 0.29) is 17.9 Å². The molecule has 1 aliphatic carbocycles. The number of nitrogens with zero attached hydrogens (tertiary/aromatic N) is 3. The van der Waals surface area contributed by atoms with Crippen LogP contribution in [-0.2, 0) is 17.6 Å². The first-order chi connectivity index (χ1) is 13.1. The molecule has 0 saturated carbocycles. The predicted octanol–water partition coefficient (Wildman–Crippen LogP) is 2.33. The largest absolute Gasteiger partial charge is 0.342 e. The van der Waals surface area contributed by atoms with Gasteiger partial charge in [0.1, 0.15) is 0 Å². The highest BCUT2D eigenvalue weighted by Gasteiger charge is 2.28. The molecule has 0 unspecified atom stereocenters. The van der Waals surface area contributed by atoms with Crippen molar-refractivity contribution in [3.05, 3.63) is 34.9 Å². The number of amides is 2. The van der Waals surface area contributed by atoms with Crippen molar-refractivity contribution in [2.24, 2.45) is 0 Å². The molecule has 1 aromatic carbocycles. The highest BCUT2D eigenvalue weighted by Crippen LogP contribution is 2.24. The van der Waals surface area contributed by atoms with Crippen LogP contribution in [0.25, 0.3) is 0 Å². The molecule has 0 radical (unpaired) electrons. The Labute approximate surface area is 162 Å². The molecule has 2 saturated heterocycles. The maximum absolute atomic E-state index is 12.9. The van der Waals surface area contributed by atoms with Crippen LogP contribution in [0.1, 0.15) is 53.6 Å². The maximum Gasteiger partial charge on any atom is 0.253 e. The van der Waals surface area contributed by atoms with Crippen LogP contribution in [0.2, 0.25) is 0 Å². The summed E-state index contributed by atoms with van der Waals surface area (Å²) in [5.74, 6) is 0.407. The molecule has 4 rings (SSSR count). The number of aryl methyl sites for hydroxylation is 2. The zero-order valence-corrected chi connectivity index (χ0v) is 16.5. The molecule has 5 nitrogen and oxygen atoms in total. The Kier molecular flexibility index (Phi) is 5.48. The SMILES string of the molecule is CN(C(=O)c1ccc2c(c1)CCC2)C1CCN(CC(=O)N2CCCC2)CC1. The van der Waals surface area contributed by atoms with Crippen molar-refractivity contribution in [2.45, 2.75) is 51.0 Å². The molecule has 0 aromatic heterocycles. The molecule has 2 fully saturated rings. The third-order valence-electron chi connectivity index (χ3n) is 6.59. The number of fused-ring (bicyclic) bond motifs is 1. The molecule has 0 spiro atoms.